The summed E-state index contributed by atoms with van der Waals surface area (Å²) in [4.78, 5) is 23.2. The Labute approximate surface area is 123 Å². The number of carbonyl (C=O) groups excluding carboxylic acids is 2. The van der Waals surface area contributed by atoms with Crippen molar-refractivity contribution in [3.63, 3.8) is 0 Å². The van der Waals surface area contributed by atoms with Crippen molar-refractivity contribution in [1.82, 2.24) is 0 Å². The van der Waals surface area contributed by atoms with E-state index < -0.39 is 0 Å². The monoisotopic (exact) mass is 286 g/mol. The molecule has 1 unspecified atom stereocenters. The van der Waals surface area contributed by atoms with Crippen molar-refractivity contribution < 1.29 is 19.1 Å². The van der Waals surface area contributed by atoms with Crippen LogP contribution in [0.4, 0.5) is 0 Å². The molecule has 0 N–H and O–H groups in total. The predicted molar refractivity (Wildman–Crippen MR) is 79.4 cm³/mol. The molecule has 4 nitrogen and oxygen atoms in total. The molecular formula is C16H30O4. The fourth-order valence-corrected chi connectivity index (χ4v) is 1.82. The van der Waals surface area contributed by atoms with E-state index in [2.05, 4.69) is 13.8 Å². The Morgan fingerprint density at radius 3 is 2.05 bits per heavy atom. The molecule has 0 aromatic carbocycles. The molecule has 1 atom stereocenters. The van der Waals surface area contributed by atoms with Crippen molar-refractivity contribution in [2.45, 2.75) is 72.1 Å². The Morgan fingerprint density at radius 2 is 1.50 bits per heavy atom. The molecule has 0 spiro atoms. The number of rotatable bonds is 12. The zero-order chi connectivity index (χ0) is 15.2. The van der Waals surface area contributed by atoms with E-state index >= 15 is 0 Å². The molecule has 0 fully saturated rings. The minimum atomic E-state index is -0.160. The smallest absolute Gasteiger partial charge is 0.308 e. The molecule has 20 heavy (non-hydrogen) atoms. The second-order valence-corrected chi connectivity index (χ2v) is 5.09. The second-order valence-electron chi connectivity index (χ2n) is 5.09. The molecule has 0 heterocycles. The van der Waals surface area contributed by atoms with Crippen LogP contribution in [-0.2, 0) is 19.1 Å². The molecule has 0 aromatic heterocycles. The van der Waals surface area contributed by atoms with Gasteiger partial charge >= 0.3 is 11.9 Å². The summed E-state index contributed by atoms with van der Waals surface area (Å²) in [5, 5.41) is 0. The first-order valence-electron chi connectivity index (χ1n) is 7.97. The minimum Gasteiger partial charge on any atom is -0.466 e. The number of unbranched alkanes of at least 4 members (excludes halogenated alkanes) is 2. The number of carbonyl (C=O) groups is 2. The summed E-state index contributed by atoms with van der Waals surface area (Å²) in [6.45, 7) is 7.11. The van der Waals surface area contributed by atoms with E-state index in [1.165, 1.54) is 0 Å². The summed E-state index contributed by atoms with van der Waals surface area (Å²) >= 11 is 0. The molecule has 0 aromatic rings. The summed E-state index contributed by atoms with van der Waals surface area (Å²) < 4.78 is 10.3. The van der Waals surface area contributed by atoms with E-state index in [4.69, 9.17) is 9.47 Å². The molecule has 0 aliphatic carbocycles. The molecule has 118 valence electrons. The maximum atomic E-state index is 11.8. The van der Waals surface area contributed by atoms with Crippen LogP contribution in [0.3, 0.4) is 0 Å². The lowest BCUT2D eigenvalue weighted by Crippen LogP contribution is -2.18. The van der Waals surface area contributed by atoms with Crippen LogP contribution < -0.4 is 0 Å². The average Bonchev–Trinajstić information content (AvgIpc) is 2.44. The Hall–Kier alpha value is -1.06. The van der Waals surface area contributed by atoms with E-state index in [1.54, 1.807) is 0 Å². The summed E-state index contributed by atoms with van der Waals surface area (Å²) in [6.07, 6.45) is 6.40. The van der Waals surface area contributed by atoms with Gasteiger partial charge in [-0.2, -0.15) is 0 Å². The van der Waals surface area contributed by atoms with Crippen molar-refractivity contribution in [3.8, 4) is 0 Å². The van der Waals surface area contributed by atoms with Crippen LogP contribution in [0.25, 0.3) is 0 Å². The van der Waals surface area contributed by atoms with E-state index in [9.17, 15) is 9.59 Å². The van der Waals surface area contributed by atoms with Gasteiger partial charge < -0.3 is 9.47 Å². The maximum Gasteiger partial charge on any atom is 0.308 e. The zero-order valence-electron chi connectivity index (χ0n) is 13.3. The molecule has 0 saturated carbocycles. The lowest BCUT2D eigenvalue weighted by molar-refractivity contribution is -0.150. The first kappa shape index (κ1) is 18.9. The molecule has 0 rings (SSSR count). The first-order valence-corrected chi connectivity index (χ1v) is 7.97. The van der Waals surface area contributed by atoms with E-state index in [-0.39, 0.29) is 17.9 Å². The van der Waals surface area contributed by atoms with Crippen LogP contribution in [-0.4, -0.2) is 25.2 Å². The highest BCUT2D eigenvalue weighted by atomic mass is 16.5. The number of hydrogen-bond donors (Lipinski definition) is 0. The summed E-state index contributed by atoms with van der Waals surface area (Å²) in [5.74, 6) is -0.372. The highest BCUT2D eigenvalue weighted by Gasteiger charge is 2.18. The van der Waals surface area contributed by atoms with Gasteiger partial charge in [0.1, 0.15) is 0 Å². The Balaban J connectivity index is 3.77. The summed E-state index contributed by atoms with van der Waals surface area (Å²) in [7, 11) is 0. The van der Waals surface area contributed by atoms with Crippen LogP contribution in [0.15, 0.2) is 0 Å². The topological polar surface area (TPSA) is 52.6 Å². The highest BCUT2D eigenvalue weighted by Crippen LogP contribution is 2.15. The van der Waals surface area contributed by atoms with Crippen molar-refractivity contribution >= 4 is 11.9 Å². The predicted octanol–water partition coefficient (Wildman–Crippen LogP) is 3.87. The van der Waals surface area contributed by atoms with Gasteiger partial charge in [-0.05, 0) is 32.1 Å². The second kappa shape index (κ2) is 12.9. The Morgan fingerprint density at radius 1 is 0.900 bits per heavy atom. The highest BCUT2D eigenvalue weighted by molar-refractivity contribution is 5.72. The molecule has 0 aliphatic heterocycles. The summed E-state index contributed by atoms with van der Waals surface area (Å²) in [6, 6.07) is 0. The van der Waals surface area contributed by atoms with Crippen LogP contribution >= 0.6 is 0 Å². The fraction of sp³-hybridized carbons (Fsp3) is 0.875. The van der Waals surface area contributed by atoms with Gasteiger partial charge in [0.25, 0.3) is 0 Å². The molecular weight excluding hydrogens is 256 g/mol. The van der Waals surface area contributed by atoms with Gasteiger partial charge in [0, 0.05) is 6.42 Å². The SMILES string of the molecule is CCCCOC(=O)CCCC(CC)C(=O)OCCCC. The molecule has 0 amide bonds. The zero-order valence-corrected chi connectivity index (χ0v) is 13.3. The molecule has 0 saturated heterocycles. The maximum absolute atomic E-state index is 11.8. The van der Waals surface area contributed by atoms with Gasteiger partial charge in [-0.25, -0.2) is 0 Å². The van der Waals surface area contributed by atoms with Crippen molar-refractivity contribution in [1.29, 1.82) is 0 Å². The molecule has 0 radical (unpaired) electrons. The van der Waals surface area contributed by atoms with E-state index in [1.807, 2.05) is 6.92 Å². The van der Waals surface area contributed by atoms with Gasteiger partial charge in [-0.3, -0.25) is 9.59 Å². The Kier molecular flexibility index (Phi) is 12.3. The fourth-order valence-electron chi connectivity index (χ4n) is 1.82. The average molecular weight is 286 g/mol. The van der Waals surface area contributed by atoms with Gasteiger partial charge in [-0.1, -0.05) is 33.6 Å². The lowest BCUT2D eigenvalue weighted by Gasteiger charge is -2.13. The van der Waals surface area contributed by atoms with Crippen molar-refractivity contribution in [3.05, 3.63) is 0 Å². The minimum absolute atomic E-state index is 0.0877. The third-order valence-electron chi connectivity index (χ3n) is 3.26. The molecule has 4 heteroatoms. The number of ether oxygens (including phenoxy) is 2. The van der Waals surface area contributed by atoms with Crippen LogP contribution in [0.2, 0.25) is 0 Å². The van der Waals surface area contributed by atoms with Gasteiger partial charge in [0.15, 0.2) is 0 Å². The normalized spacial score (nSPS) is 11.9. The quantitative estimate of drug-likeness (QED) is 0.404. The van der Waals surface area contributed by atoms with Crippen LogP contribution in [0.5, 0.6) is 0 Å². The lowest BCUT2D eigenvalue weighted by atomic mass is 9.99. The van der Waals surface area contributed by atoms with E-state index in [0.717, 1.165) is 32.1 Å². The van der Waals surface area contributed by atoms with E-state index in [0.29, 0.717) is 32.5 Å². The standard InChI is InChI=1S/C16H30O4/c1-4-7-12-19-15(17)11-9-10-14(6-3)16(18)20-13-8-5-2/h14H,4-13H2,1-3H3. The van der Waals surface area contributed by atoms with Gasteiger partial charge in [-0.15, -0.1) is 0 Å². The molecule has 0 aliphatic rings. The summed E-state index contributed by atoms with van der Waals surface area (Å²) in [5.41, 5.74) is 0. The third-order valence-corrected chi connectivity index (χ3v) is 3.26. The largest absolute Gasteiger partial charge is 0.466 e. The Bertz CT molecular complexity index is 263. The number of hydrogen-bond acceptors (Lipinski definition) is 4. The van der Waals surface area contributed by atoms with Gasteiger partial charge in [0.2, 0.25) is 0 Å². The van der Waals surface area contributed by atoms with Crippen LogP contribution in [0.1, 0.15) is 72.1 Å². The first-order chi connectivity index (χ1) is 9.65. The van der Waals surface area contributed by atoms with Crippen molar-refractivity contribution in [2.75, 3.05) is 13.2 Å². The third kappa shape index (κ3) is 9.82. The van der Waals surface area contributed by atoms with Crippen LogP contribution in [0, 0.1) is 5.92 Å². The molecule has 0 bridgehead atoms. The van der Waals surface area contributed by atoms with Gasteiger partial charge in [0.05, 0.1) is 19.1 Å². The number of esters is 2. The van der Waals surface area contributed by atoms with Crippen molar-refractivity contribution in [2.24, 2.45) is 5.92 Å².